The first-order chi connectivity index (χ1) is 2.91. The van der Waals surface area contributed by atoms with Crippen LogP contribution >= 0.6 is 0 Å². The summed E-state index contributed by atoms with van der Waals surface area (Å²) in [5.74, 6) is 5.36. The van der Waals surface area contributed by atoms with Crippen LogP contribution in [0.4, 0.5) is 0 Å². The van der Waals surface area contributed by atoms with Gasteiger partial charge in [-0.3, -0.25) is 6.79 Å². The number of rotatable bonds is 0. The molecule has 0 aromatic carbocycles. The first-order valence-electron chi connectivity index (χ1n) is 1.49. The Morgan fingerprint density at radius 2 is 1.29 bits per heavy atom. The van der Waals surface area contributed by atoms with Gasteiger partial charge in [0.2, 0.25) is 0 Å². The molecule has 1 radical (unpaired) electrons. The van der Waals surface area contributed by atoms with Crippen molar-refractivity contribution >= 4 is 6.79 Å². The van der Waals surface area contributed by atoms with Crippen LogP contribution in [0.25, 0.3) is 0 Å². The Hall–Kier alpha value is -0.264. The van der Waals surface area contributed by atoms with Crippen molar-refractivity contribution in [2.75, 3.05) is 0 Å². The Labute approximate surface area is 54.7 Å². The van der Waals surface area contributed by atoms with Crippen molar-refractivity contribution < 1.29 is 21.6 Å². The quantitative estimate of drug-likeness (QED) is 0.277. The van der Waals surface area contributed by atoms with Gasteiger partial charge >= 0.3 is 0 Å². The third-order valence-electron chi connectivity index (χ3n) is 0.250. The van der Waals surface area contributed by atoms with Crippen molar-refractivity contribution in [2.24, 2.45) is 0 Å². The van der Waals surface area contributed by atoms with Crippen molar-refractivity contribution in [3.8, 4) is 11.8 Å². The Balaban J connectivity index is -0.0000000480. The molecular weight excluding hydrogens is 135 g/mol. The van der Waals surface area contributed by atoms with E-state index in [-0.39, 0.29) is 16.8 Å². The molecule has 0 rings (SSSR count). The molecule has 0 bridgehead atoms. The summed E-state index contributed by atoms with van der Waals surface area (Å²) in [7, 11) is 0. The molecule has 0 saturated carbocycles. The average Bonchev–Trinajstić information content (AvgIpc) is 1.72. The van der Waals surface area contributed by atoms with Crippen LogP contribution < -0.4 is 0 Å². The van der Waals surface area contributed by atoms with Gasteiger partial charge in [0.25, 0.3) is 0 Å². The van der Waals surface area contributed by atoms with E-state index in [9.17, 15) is 0 Å². The van der Waals surface area contributed by atoms with Gasteiger partial charge in [-0.15, -0.1) is 11.8 Å². The summed E-state index contributed by atoms with van der Waals surface area (Å²) in [6.07, 6.45) is 0. The van der Waals surface area contributed by atoms with Crippen molar-refractivity contribution in [2.45, 2.75) is 13.8 Å². The van der Waals surface area contributed by atoms with Crippen LogP contribution in [0.2, 0.25) is 0 Å². The van der Waals surface area contributed by atoms with Gasteiger partial charge in [-0.1, -0.05) is 0 Å². The van der Waals surface area contributed by atoms with Crippen molar-refractivity contribution in [1.29, 1.82) is 0 Å². The molecule has 0 atom stereocenters. The standard InChI is InChI=1S/C4H6.CHO.Co/c1-3-4-2;1-2;/h1-2H3;1H;/q;-1;. The third kappa shape index (κ3) is 148. The van der Waals surface area contributed by atoms with E-state index >= 15 is 0 Å². The minimum atomic E-state index is 0. The first kappa shape index (κ1) is 15.9. The second-order valence-electron chi connectivity index (χ2n) is 0.500. The van der Waals surface area contributed by atoms with E-state index in [1.807, 2.05) is 13.8 Å². The summed E-state index contributed by atoms with van der Waals surface area (Å²) < 4.78 is 0. The molecule has 0 aliphatic rings. The molecule has 0 aromatic heterocycles. The van der Waals surface area contributed by atoms with Gasteiger partial charge in [0.15, 0.2) is 0 Å². The molecular formula is C5H7CoO-. The minimum absolute atomic E-state index is 0. The van der Waals surface area contributed by atoms with Crippen LogP contribution in [0.1, 0.15) is 13.8 Å². The molecule has 0 spiro atoms. The largest absolute Gasteiger partial charge is 0.545 e. The van der Waals surface area contributed by atoms with E-state index in [2.05, 4.69) is 18.6 Å². The zero-order chi connectivity index (χ0) is 5.41. The van der Waals surface area contributed by atoms with Crippen LogP contribution in [-0.2, 0) is 21.6 Å². The zero-order valence-corrected chi connectivity index (χ0v) is 5.36. The van der Waals surface area contributed by atoms with Crippen LogP contribution in [0, 0.1) is 11.8 Å². The monoisotopic (exact) mass is 142 g/mol. The van der Waals surface area contributed by atoms with Gasteiger partial charge in [0, 0.05) is 16.8 Å². The minimum Gasteiger partial charge on any atom is -0.545 e. The van der Waals surface area contributed by atoms with E-state index in [0.29, 0.717) is 0 Å². The molecule has 7 heavy (non-hydrogen) atoms. The van der Waals surface area contributed by atoms with E-state index < -0.39 is 0 Å². The van der Waals surface area contributed by atoms with Gasteiger partial charge in [0.05, 0.1) is 0 Å². The second-order valence-corrected chi connectivity index (χ2v) is 0.500. The van der Waals surface area contributed by atoms with E-state index in [1.165, 1.54) is 0 Å². The average molecular weight is 142 g/mol. The van der Waals surface area contributed by atoms with Gasteiger partial charge in [0.1, 0.15) is 0 Å². The fourth-order valence-electron chi connectivity index (χ4n) is 0. The molecule has 0 saturated heterocycles. The zero-order valence-electron chi connectivity index (χ0n) is 4.32. The maximum Gasteiger partial charge on any atom is 0 e. The molecule has 1 nitrogen and oxygen atoms in total. The molecule has 0 amide bonds. The molecule has 0 aromatic rings. The normalized spacial score (nSPS) is 2.57. The van der Waals surface area contributed by atoms with E-state index in [0.717, 1.165) is 0 Å². The Bertz CT molecular complexity index is 54.2. The van der Waals surface area contributed by atoms with Crippen molar-refractivity contribution in [1.82, 2.24) is 0 Å². The summed E-state index contributed by atoms with van der Waals surface area (Å²) in [6.45, 7) is 6.89. The fraction of sp³-hybridized carbons (Fsp3) is 0.400. The van der Waals surface area contributed by atoms with Crippen molar-refractivity contribution in [3.05, 3.63) is 0 Å². The first-order valence-corrected chi connectivity index (χ1v) is 1.49. The van der Waals surface area contributed by atoms with Crippen LogP contribution in [-0.4, -0.2) is 6.79 Å². The van der Waals surface area contributed by atoms with Crippen LogP contribution in [0.3, 0.4) is 0 Å². The topological polar surface area (TPSA) is 17.1 Å². The molecule has 0 N–H and O–H groups in total. The summed E-state index contributed by atoms with van der Waals surface area (Å²) in [5, 5.41) is 0. The van der Waals surface area contributed by atoms with Gasteiger partial charge < -0.3 is 4.79 Å². The summed E-state index contributed by atoms with van der Waals surface area (Å²) in [5.41, 5.74) is 0. The van der Waals surface area contributed by atoms with E-state index in [4.69, 9.17) is 4.79 Å². The SMILES string of the molecule is CC#CC.[CH-]=O.[Co]. The molecule has 43 valence electrons. The van der Waals surface area contributed by atoms with Gasteiger partial charge in [-0.05, 0) is 13.8 Å². The summed E-state index contributed by atoms with van der Waals surface area (Å²) >= 11 is 0. The molecule has 0 unspecified atom stereocenters. The van der Waals surface area contributed by atoms with Gasteiger partial charge in [-0.25, -0.2) is 0 Å². The molecule has 0 aliphatic carbocycles. The van der Waals surface area contributed by atoms with Crippen LogP contribution in [0.5, 0.6) is 0 Å². The second kappa shape index (κ2) is 42.7. The smallest absolute Gasteiger partial charge is 0 e. The third-order valence-corrected chi connectivity index (χ3v) is 0.250. The number of hydrogen-bond acceptors (Lipinski definition) is 1. The van der Waals surface area contributed by atoms with Crippen molar-refractivity contribution in [3.63, 3.8) is 0 Å². The number of hydrogen-bond donors (Lipinski definition) is 0. The fourth-order valence-corrected chi connectivity index (χ4v) is 0. The Kier molecular flexibility index (Phi) is 96.8. The maximum atomic E-state index is 7.75. The molecule has 0 fully saturated rings. The maximum absolute atomic E-state index is 7.75. The summed E-state index contributed by atoms with van der Waals surface area (Å²) in [4.78, 5) is 7.75. The van der Waals surface area contributed by atoms with Gasteiger partial charge in [-0.2, -0.15) is 0 Å². The van der Waals surface area contributed by atoms with Crippen LogP contribution in [0.15, 0.2) is 0 Å². The van der Waals surface area contributed by atoms with E-state index in [1.54, 1.807) is 0 Å². The Morgan fingerprint density at radius 3 is 1.29 bits per heavy atom. The molecule has 2 heteroatoms. The Morgan fingerprint density at radius 1 is 1.14 bits per heavy atom. The molecule has 0 aliphatic heterocycles. The molecule has 0 heterocycles. The predicted octanol–water partition coefficient (Wildman–Crippen LogP) is 0.753. The number of carbonyl (C=O) groups excluding carboxylic acids is 1. The summed E-state index contributed by atoms with van der Waals surface area (Å²) in [6, 6.07) is 0. The predicted molar refractivity (Wildman–Crippen MR) is 25.9 cm³/mol.